The Kier molecular flexibility index (Phi) is 3.76. The van der Waals surface area contributed by atoms with E-state index in [1.54, 1.807) is 25.7 Å². The predicted molar refractivity (Wildman–Crippen MR) is 72.0 cm³/mol. The van der Waals surface area contributed by atoms with Crippen molar-refractivity contribution < 1.29 is 4.74 Å². The van der Waals surface area contributed by atoms with Gasteiger partial charge in [-0.3, -0.25) is 9.97 Å². The van der Waals surface area contributed by atoms with Crippen LogP contribution in [0.2, 0.25) is 0 Å². The molecule has 0 aliphatic rings. The molecule has 1 aromatic heterocycles. The van der Waals surface area contributed by atoms with E-state index < -0.39 is 5.92 Å². The number of hydrogen-bond acceptors (Lipinski definition) is 4. The first kappa shape index (κ1) is 13.0. The lowest BCUT2D eigenvalue weighted by Gasteiger charge is -2.16. The number of aromatic nitrogens is 2. The van der Waals surface area contributed by atoms with Gasteiger partial charge in [-0.15, -0.1) is 0 Å². The largest absolute Gasteiger partial charge is 0.496 e. The van der Waals surface area contributed by atoms with E-state index in [1.807, 2.05) is 26.0 Å². The molecule has 19 heavy (non-hydrogen) atoms. The summed E-state index contributed by atoms with van der Waals surface area (Å²) < 4.78 is 5.44. The van der Waals surface area contributed by atoms with E-state index in [0.29, 0.717) is 5.69 Å². The molecule has 0 radical (unpaired) electrons. The van der Waals surface area contributed by atoms with Crippen molar-refractivity contribution in [3.05, 3.63) is 53.1 Å². The summed E-state index contributed by atoms with van der Waals surface area (Å²) in [5.41, 5.74) is 3.58. The smallest absolute Gasteiger partial charge is 0.126 e. The van der Waals surface area contributed by atoms with Crippen molar-refractivity contribution in [2.75, 3.05) is 7.11 Å². The third-order valence-corrected chi connectivity index (χ3v) is 2.97. The van der Waals surface area contributed by atoms with E-state index >= 15 is 0 Å². The molecule has 0 saturated heterocycles. The van der Waals surface area contributed by atoms with Crippen LogP contribution in [-0.2, 0) is 0 Å². The Morgan fingerprint density at radius 3 is 2.63 bits per heavy atom. The molecule has 0 N–H and O–H groups in total. The van der Waals surface area contributed by atoms with E-state index in [2.05, 4.69) is 16.0 Å². The fourth-order valence-corrected chi connectivity index (χ4v) is 2.24. The zero-order valence-electron chi connectivity index (χ0n) is 11.2. The predicted octanol–water partition coefficient (Wildman–Crippen LogP) is 2.76. The molecule has 1 atom stereocenters. The van der Waals surface area contributed by atoms with Gasteiger partial charge in [0.1, 0.15) is 11.7 Å². The number of hydrogen-bond donors (Lipinski definition) is 0. The molecule has 0 spiro atoms. The molecule has 4 heteroatoms. The second-order valence-electron chi connectivity index (χ2n) is 4.40. The molecular formula is C15H15N3O. The fraction of sp³-hybridized carbons (Fsp3) is 0.267. The maximum absolute atomic E-state index is 9.46. The summed E-state index contributed by atoms with van der Waals surface area (Å²) in [4.78, 5) is 8.25. The van der Waals surface area contributed by atoms with Gasteiger partial charge < -0.3 is 4.74 Å². The Labute approximate surface area is 112 Å². The van der Waals surface area contributed by atoms with Crippen molar-refractivity contribution in [1.82, 2.24) is 9.97 Å². The SMILES string of the molecule is COc1c(C)cc(C)cc1C(C#N)c1cnccn1. The van der Waals surface area contributed by atoms with Gasteiger partial charge in [0.2, 0.25) is 0 Å². The van der Waals surface area contributed by atoms with Crippen LogP contribution in [0.4, 0.5) is 0 Å². The number of aryl methyl sites for hydroxylation is 2. The lowest BCUT2D eigenvalue weighted by molar-refractivity contribution is 0.406. The van der Waals surface area contributed by atoms with Crippen LogP contribution in [0.15, 0.2) is 30.7 Å². The van der Waals surface area contributed by atoms with Gasteiger partial charge >= 0.3 is 0 Å². The minimum absolute atomic E-state index is 0.470. The van der Waals surface area contributed by atoms with Gasteiger partial charge in [0, 0.05) is 18.0 Å². The number of nitrogens with zero attached hydrogens (tertiary/aromatic N) is 3. The van der Waals surface area contributed by atoms with Crippen molar-refractivity contribution in [3.63, 3.8) is 0 Å². The second kappa shape index (κ2) is 5.49. The zero-order valence-corrected chi connectivity index (χ0v) is 11.2. The molecule has 0 fully saturated rings. The first-order valence-corrected chi connectivity index (χ1v) is 5.98. The zero-order chi connectivity index (χ0) is 13.8. The monoisotopic (exact) mass is 253 g/mol. The Balaban J connectivity index is 2.59. The quantitative estimate of drug-likeness (QED) is 0.844. The van der Waals surface area contributed by atoms with Crippen LogP contribution >= 0.6 is 0 Å². The van der Waals surface area contributed by atoms with E-state index in [0.717, 1.165) is 22.4 Å². The van der Waals surface area contributed by atoms with E-state index in [1.165, 1.54) is 0 Å². The summed E-state index contributed by atoms with van der Waals surface area (Å²) in [7, 11) is 1.62. The minimum atomic E-state index is -0.470. The molecule has 2 aromatic rings. The van der Waals surface area contributed by atoms with Crippen molar-refractivity contribution in [2.45, 2.75) is 19.8 Å². The summed E-state index contributed by atoms with van der Waals surface area (Å²) >= 11 is 0. The van der Waals surface area contributed by atoms with Gasteiger partial charge in [-0.25, -0.2) is 0 Å². The van der Waals surface area contributed by atoms with Gasteiger partial charge in [-0.1, -0.05) is 17.7 Å². The highest BCUT2D eigenvalue weighted by Gasteiger charge is 2.21. The summed E-state index contributed by atoms with van der Waals surface area (Å²) in [6, 6.07) is 6.28. The Hall–Kier alpha value is -2.41. The molecule has 1 heterocycles. The van der Waals surface area contributed by atoms with Gasteiger partial charge in [-0.2, -0.15) is 5.26 Å². The maximum atomic E-state index is 9.46. The molecular weight excluding hydrogens is 238 g/mol. The highest BCUT2D eigenvalue weighted by atomic mass is 16.5. The number of methoxy groups -OCH3 is 1. The number of benzene rings is 1. The summed E-state index contributed by atoms with van der Waals surface area (Å²) in [5.74, 6) is 0.269. The van der Waals surface area contributed by atoms with E-state index in [4.69, 9.17) is 4.74 Å². The number of rotatable bonds is 3. The highest BCUT2D eigenvalue weighted by molar-refractivity contribution is 5.50. The molecule has 0 saturated carbocycles. The Morgan fingerprint density at radius 2 is 2.05 bits per heavy atom. The molecule has 0 amide bonds. The average molecular weight is 253 g/mol. The summed E-state index contributed by atoms with van der Waals surface area (Å²) in [5, 5.41) is 9.46. The molecule has 0 aliphatic carbocycles. The standard InChI is InChI=1S/C15H15N3O/c1-10-6-11(2)15(19-3)12(7-10)13(8-16)14-9-17-4-5-18-14/h4-7,9,13H,1-3H3. The number of ether oxygens (including phenoxy) is 1. The van der Waals surface area contributed by atoms with Crippen LogP contribution in [0.25, 0.3) is 0 Å². The van der Waals surface area contributed by atoms with Crippen LogP contribution in [0.5, 0.6) is 5.75 Å². The van der Waals surface area contributed by atoms with Crippen LogP contribution in [0, 0.1) is 25.2 Å². The third-order valence-electron chi connectivity index (χ3n) is 2.97. The Bertz CT molecular complexity index is 617. The fourth-order valence-electron chi connectivity index (χ4n) is 2.24. The average Bonchev–Trinajstić information content (AvgIpc) is 2.40. The highest BCUT2D eigenvalue weighted by Crippen LogP contribution is 2.33. The maximum Gasteiger partial charge on any atom is 0.126 e. The van der Waals surface area contributed by atoms with Crippen molar-refractivity contribution in [2.24, 2.45) is 0 Å². The van der Waals surface area contributed by atoms with Crippen LogP contribution < -0.4 is 4.74 Å². The molecule has 4 nitrogen and oxygen atoms in total. The summed E-state index contributed by atoms with van der Waals surface area (Å²) in [6.45, 7) is 3.97. The molecule has 1 unspecified atom stereocenters. The van der Waals surface area contributed by atoms with Crippen molar-refractivity contribution in [1.29, 1.82) is 5.26 Å². The number of nitriles is 1. The molecule has 96 valence electrons. The van der Waals surface area contributed by atoms with Gasteiger partial charge in [0.15, 0.2) is 0 Å². The lowest BCUT2D eigenvalue weighted by atomic mass is 9.93. The van der Waals surface area contributed by atoms with E-state index in [9.17, 15) is 5.26 Å². The lowest BCUT2D eigenvalue weighted by Crippen LogP contribution is -2.05. The molecule has 1 aromatic carbocycles. The molecule has 0 aliphatic heterocycles. The first-order chi connectivity index (χ1) is 9.17. The van der Waals surface area contributed by atoms with Crippen molar-refractivity contribution >= 4 is 0 Å². The van der Waals surface area contributed by atoms with Crippen LogP contribution in [0.3, 0.4) is 0 Å². The third kappa shape index (κ3) is 2.55. The second-order valence-corrected chi connectivity index (χ2v) is 4.40. The first-order valence-electron chi connectivity index (χ1n) is 5.98. The molecule has 2 rings (SSSR count). The van der Waals surface area contributed by atoms with Crippen molar-refractivity contribution in [3.8, 4) is 11.8 Å². The Morgan fingerprint density at radius 1 is 1.26 bits per heavy atom. The van der Waals surface area contributed by atoms with Crippen LogP contribution in [0.1, 0.15) is 28.3 Å². The summed E-state index contributed by atoms with van der Waals surface area (Å²) in [6.07, 6.45) is 4.80. The van der Waals surface area contributed by atoms with E-state index in [-0.39, 0.29) is 0 Å². The van der Waals surface area contributed by atoms with Crippen LogP contribution in [-0.4, -0.2) is 17.1 Å². The minimum Gasteiger partial charge on any atom is -0.496 e. The normalized spacial score (nSPS) is 11.7. The van der Waals surface area contributed by atoms with Gasteiger partial charge in [-0.05, 0) is 19.4 Å². The molecule has 0 bridgehead atoms. The van der Waals surface area contributed by atoms with Gasteiger partial charge in [0.05, 0.1) is 25.1 Å². The topological polar surface area (TPSA) is 58.8 Å². The van der Waals surface area contributed by atoms with Gasteiger partial charge in [0.25, 0.3) is 0 Å².